The number of hydrogen-bond acceptors (Lipinski definition) is 14. The molecular formula is C40H50O13S2. The van der Waals surface area contributed by atoms with Crippen LogP contribution in [0.25, 0.3) is 10.8 Å². The summed E-state index contributed by atoms with van der Waals surface area (Å²) in [7, 11) is 2.98. The van der Waals surface area contributed by atoms with E-state index in [4.69, 9.17) is 18.9 Å². The number of ether oxygens (including phenoxy) is 4. The van der Waals surface area contributed by atoms with Crippen LogP contribution in [0.3, 0.4) is 0 Å². The number of rotatable bonds is 10. The number of benzene rings is 3. The second-order valence-corrected chi connectivity index (χ2v) is 17.3. The van der Waals surface area contributed by atoms with Gasteiger partial charge in [-0.2, -0.15) is 0 Å². The van der Waals surface area contributed by atoms with E-state index in [0.717, 1.165) is 29.9 Å². The van der Waals surface area contributed by atoms with Gasteiger partial charge in [0.2, 0.25) is 6.29 Å². The maximum absolute atomic E-state index is 13.6. The number of aromatic hydroxyl groups is 2. The Balaban J connectivity index is 1.32. The highest BCUT2D eigenvalue weighted by Gasteiger charge is 2.58. The molecule has 8 atom stereocenters. The molecule has 0 unspecified atom stereocenters. The minimum Gasteiger partial charge on any atom is -0.507 e. The Morgan fingerprint density at radius 3 is 2.51 bits per heavy atom. The highest BCUT2D eigenvalue weighted by molar-refractivity contribution is 8.76. The van der Waals surface area contributed by atoms with E-state index in [1.807, 2.05) is 30.3 Å². The summed E-state index contributed by atoms with van der Waals surface area (Å²) in [6.07, 6.45) is -3.93. The highest BCUT2D eigenvalue weighted by Crippen LogP contribution is 2.51. The van der Waals surface area contributed by atoms with Crippen molar-refractivity contribution >= 4 is 44.1 Å². The van der Waals surface area contributed by atoms with E-state index in [9.17, 15) is 45.3 Å². The molecule has 0 aromatic heterocycles. The molecule has 3 aliphatic heterocycles. The van der Waals surface area contributed by atoms with E-state index >= 15 is 0 Å². The quantitative estimate of drug-likeness (QED) is 0.0832. The number of hydrogen-bond donors (Lipinski definition) is 7. The van der Waals surface area contributed by atoms with Crippen molar-refractivity contribution in [1.82, 2.24) is 0 Å². The van der Waals surface area contributed by atoms with Crippen LogP contribution in [-0.2, 0) is 20.6 Å². The summed E-state index contributed by atoms with van der Waals surface area (Å²) in [5.74, 6) is -2.11. The first-order chi connectivity index (χ1) is 26.4. The number of phenolic OH excluding ortho intramolecular Hbond substituents is 2. The molecule has 0 saturated carbocycles. The Bertz CT molecular complexity index is 1830. The van der Waals surface area contributed by atoms with E-state index in [2.05, 4.69) is 6.92 Å². The van der Waals surface area contributed by atoms with Gasteiger partial charge in [0, 0.05) is 41.8 Å². The summed E-state index contributed by atoms with van der Waals surface area (Å²) >= 11 is 0. The average molecular weight is 803 g/mol. The predicted molar refractivity (Wildman–Crippen MR) is 207 cm³/mol. The Morgan fingerprint density at radius 2 is 1.80 bits per heavy atom. The van der Waals surface area contributed by atoms with Crippen LogP contribution in [0.5, 0.6) is 17.2 Å². The van der Waals surface area contributed by atoms with Gasteiger partial charge in [0.05, 0.1) is 29.7 Å². The molecule has 3 aromatic rings. The van der Waals surface area contributed by atoms with E-state index in [1.165, 1.54) is 17.7 Å². The Kier molecular flexibility index (Phi) is 13.3. The van der Waals surface area contributed by atoms with Crippen LogP contribution in [0.2, 0.25) is 0 Å². The van der Waals surface area contributed by atoms with Gasteiger partial charge in [-0.25, -0.2) is 4.79 Å². The number of aliphatic hydroxyl groups excluding tert-OH is 4. The molecule has 0 amide bonds. The number of aromatic carboxylic acids is 1. The highest BCUT2D eigenvalue weighted by atomic mass is 33.1. The molecule has 0 radical (unpaired) electrons. The van der Waals surface area contributed by atoms with Gasteiger partial charge < -0.3 is 54.7 Å². The van der Waals surface area contributed by atoms with Gasteiger partial charge in [0.1, 0.15) is 47.1 Å². The van der Waals surface area contributed by atoms with E-state index in [1.54, 1.807) is 10.8 Å². The van der Waals surface area contributed by atoms with Gasteiger partial charge in [-0.3, -0.25) is 4.79 Å². The lowest BCUT2D eigenvalue weighted by atomic mass is 9.65. The Morgan fingerprint density at radius 1 is 1.04 bits per heavy atom. The first-order valence-electron chi connectivity index (χ1n) is 18.6. The van der Waals surface area contributed by atoms with Crippen molar-refractivity contribution in [2.45, 2.75) is 82.6 Å². The fourth-order valence-corrected chi connectivity index (χ4v) is 11.1. The van der Waals surface area contributed by atoms with Crippen molar-refractivity contribution in [3.8, 4) is 17.2 Å². The minimum absolute atomic E-state index is 0.00395. The molecule has 3 heterocycles. The zero-order chi connectivity index (χ0) is 39.5. The lowest BCUT2D eigenvalue weighted by Crippen LogP contribution is -2.69. The van der Waals surface area contributed by atoms with Crippen molar-refractivity contribution in [1.29, 1.82) is 0 Å². The number of Topliss-reactive ketones (excluding diaryl/α,β-unsaturated/α-hetero) is 1. The molecule has 55 heavy (non-hydrogen) atoms. The summed E-state index contributed by atoms with van der Waals surface area (Å²) in [4.78, 5) is 25.8. The minimum atomic E-state index is -1.80. The van der Waals surface area contributed by atoms with Crippen molar-refractivity contribution in [2.24, 2.45) is 17.3 Å². The Labute approximate surface area is 327 Å². The number of fused-ring (bicyclic) bond motifs is 2. The fraction of sp³-hybridized carbons (Fsp3) is 0.550. The van der Waals surface area contributed by atoms with E-state index in [0.29, 0.717) is 32.5 Å². The maximum Gasteiger partial charge on any atom is 0.335 e. The molecule has 1 spiro atoms. The van der Waals surface area contributed by atoms with E-state index < -0.39 is 60.1 Å². The molecule has 3 aromatic carbocycles. The summed E-state index contributed by atoms with van der Waals surface area (Å²) < 4.78 is 24.6. The second-order valence-electron chi connectivity index (χ2n) is 14.9. The zero-order valence-electron chi connectivity index (χ0n) is 30.9. The number of phenols is 2. The summed E-state index contributed by atoms with van der Waals surface area (Å²) in [6.45, 7) is 4.07. The third-order valence-electron chi connectivity index (χ3n) is 11.8. The third-order valence-corrected chi connectivity index (χ3v) is 14.0. The van der Waals surface area contributed by atoms with Gasteiger partial charge in [-0.1, -0.05) is 58.8 Å². The van der Waals surface area contributed by atoms with Crippen molar-refractivity contribution in [3.05, 3.63) is 64.7 Å². The van der Waals surface area contributed by atoms with E-state index in [-0.39, 0.29) is 75.9 Å². The van der Waals surface area contributed by atoms with Gasteiger partial charge in [0.25, 0.3) is 0 Å². The fourth-order valence-electron chi connectivity index (χ4n) is 8.69. The van der Waals surface area contributed by atoms with Gasteiger partial charge in [-0.15, -0.1) is 0 Å². The van der Waals surface area contributed by atoms with Crippen molar-refractivity contribution in [3.63, 3.8) is 0 Å². The van der Waals surface area contributed by atoms with Gasteiger partial charge >= 0.3 is 5.97 Å². The Hall–Kier alpha value is -3.12. The predicted octanol–water partition coefficient (Wildman–Crippen LogP) is 4.82. The smallest absolute Gasteiger partial charge is 0.335 e. The number of carbonyl (C=O) groups is 2. The number of carboxylic acid groups (broad SMARTS) is 1. The van der Waals surface area contributed by atoms with Crippen LogP contribution >= 0.6 is 21.6 Å². The molecule has 0 bridgehead atoms. The monoisotopic (exact) mass is 802 g/mol. The SMILES string of the molecule is Cc1c(C(=O)CCc2ccccc2)c(O)c2c(O[C@@H]3O[C@H](CO)[C@]4(CC[C@H](C)[C@@H]5CCOC[C@]5(CCO)CSSCO4)[C@H](O)[C@H]3O)cc(C(=O)O)cc2c1O. The molecule has 6 rings (SSSR count). The first kappa shape index (κ1) is 41.5. The van der Waals surface area contributed by atoms with Crippen LogP contribution in [0.1, 0.15) is 70.9 Å². The summed E-state index contributed by atoms with van der Waals surface area (Å²) in [5.41, 5.74) is -1.39. The first-order valence-corrected chi connectivity index (χ1v) is 21.0. The molecule has 0 aliphatic carbocycles. The number of carbonyl (C=O) groups excluding carboxylic acids is 1. The van der Waals surface area contributed by atoms with Crippen molar-refractivity contribution < 1.29 is 64.3 Å². The molecule has 3 fully saturated rings. The van der Waals surface area contributed by atoms with Gasteiger partial charge in [0.15, 0.2) is 5.78 Å². The summed E-state index contributed by atoms with van der Waals surface area (Å²) in [5, 5.41) is 77.0. The number of ketones is 1. The number of aliphatic hydroxyl groups is 4. The van der Waals surface area contributed by atoms with Crippen molar-refractivity contribution in [2.75, 3.05) is 38.1 Å². The molecule has 15 heteroatoms. The molecule has 3 saturated heterocycles. The largest absolute Gasteiger partial charge is 0.507 e. The molecule has 3 aliphatic rings. The lowest BCUT2D eigenvalue weighted by Gasteiger charge is -2.51. The maximum atomic E-state index is 13.6. The van der Waals surface area contributed by atoms with Crippen LogP contribution in [0.4, 0.5) is 0 Å². The molecule has 7 N–H and O–H groups in total. The lowest BCUT2D eigenvalue weighted by molar-refractivity contribution is -0.322. The zero-order valence-corrected chi connectivity index (χ0v) is 32.5. The third kappa shape index (κ3) is 8.18. The second kappa shape index (κ2) is 17.6. The topological polar surface area (TPSA) is 213 Å². The average Bonchev–Trinajstić information content (AvgIpc) is 3.20. The standard InChI is InChI=1S/C40H50O13S2/c1-22-10-12-40(51-21-55-54-20-39(13-14-41)19-50-15-11-27(22)39)30(18-42)53-38(35(46)36(40)47)52-29-17-25(37(48)49)16-26-32(29)34(45)31(23(2)33(26)44)28(43)9-8-24-6-4-3-5-7-24/h3-7,16-17,22,27,30,35-36,38,41-42,44-47H,8-15,18-21H2,1-2H3,(H,48,49)/t22-,27-,30+,35+,36+,38+,39+,40+/m0/s1. The van der Waals surface area contributed by atoms with Crippen LogP contribution in [-0.4, -0.2) is 116 Å². The molecule has 13 nitrogen and oxygen atoms in total. The molecule has 300 valence electrons. The normalized spacial score (nSPS) is 30.4. The van der Waals surface area contributed by atoms with Crippen LogP contribution in [0, 0.1) is 24.2 Å². The summed E-state index contributed by atoms with van der Waals surface area (Å²) in [6, 6.07) is 11.5. The molecular weight excluding hydrogens is 753 g/mol. The number of aryl methyl sites for hydroxylation is 1. The van der Waals surface area contributed by atoms with Crippen LogP contribution in [0.15, 0.2) is 42.5 Å². The van der Waals surface area contributed by atoms with Gasteiger partial charge in [-0.05, 0) is 68.6 Å². The number of carboxylic acids is 1. The van der Waals surface area contributed by atoms with Crippen LogP contribution < -0.4 is 4.74 Å².